The summed E-state index contributed by atoms with van der Waals surface area (Å²) >= 11 is 0. The molecule has 0 saturated carbocycles. The first-order valence-electron chi connectivity index (χ1n) is 18.4. The fourth-order valence-corrected chi connectivity index (χ4v) is 5.56. The van der Waals surface area contributed by atoms with Crippen LogP contribution in [0.15, 0.2) is 53.3 Å². The molecule has 8 heteroatoms. The van der Waals surface area contributed by atoms with E-state index in [9.17, 15) is 0 Å². The molecule has 0 unspecified atom stereocenters. The molecule has 1 aromatic carbocycles. The van der Waals surface area contributed by atoms with Crippen molar-refractivity contribution in [1.29, 1.82) is 0 Å². The number of hydrogen-bond acceptors (Lipinski definition) is 7. The van der Waals surface area contributed by atoms with E-state index in [-0.39, 0.29) is 0 Å². The van der Waals surface area contributed by atoms with E-state index in [2.05, 4.69) is 88.8 Å². The Kier molecular flexibility index (Phi) is 23.3. The number of rotatable bonds is 27. The topological polar surface area (TPSA) is 76.2 Å². The van der Waals surface area contributed by atoms with Gasteiger partial charge in [-0.15, -0.1) is 0 Å². The summed E-state index contributed by atoms with van der Waals surface area (Å²) in [4.78, 5) is 9.49. The number of amidine groups is 1. The van der Waals surface area contributed by atoms with Crippen LogP contribution in [-0.2, 0) is 17.8 Å². The molecule has 0 aromatic heterocycles. The lowest BCUT2D eigenvalue weighted by molar-refractivity contribution is 0.000662. The van der Waals surface area contributed by atoms with Gasteiger partial charge >= 0.3 is 0 Å². The normalized spacial score (nSPS) is 14.7. The minimum Gasteiger partial charge on any atom is -0.369 e. The van der Waals surface area contributed by atoms with Crippen molar-refractivity contribution in [2.24, 2.45) is 4.99 Å². The van der Waals surface area contributed by atoms with Crippen LogP contribution in [0.4, 0.5) is 0 Å². The average Bonchev–Trinajstić information content (AvgIpc) is 3.06. The summed E-state index contributed by atoms with van der Waals surface area (Å²) in [7, 11) is 0. The van der Waals surface area contributed by atoms with Gasteiger partial charge in [0, 0.05) is 44.1 Å². The molecule has 0 atom stereocenters. The van der Waals surface area contributed by atoms with Gasteiger partial charge in [-0.3, -0.25) is 15.2 Å². The summed E-state index contributed by atoms with van der Waals surface area (Å²) < 4.78 is 5.84. The smallest absolute Gasteiger partial charge is 0.101 e. The summed E-state index contributed by atoms with van der Waals surface area (Å²) in [6.07, 6.45) is 16.6. The van der Waals surface area contributed by atoms with Crippen molar-refractivity contribution in [2.75, 3.05) is 65.8 Å². The lowest BCUT2D eigenvalue weighted by atomic mass is 10.1. The number of benzene rings is 1. The highest BCUT2D eigenvalue weighted by molar-refractivity contribution is 5.81. The Labute approximate surface area is 282 Å². The predicted octanol–water partition coefficient (Wildman–Crippen LogP) is 6.76. The van der Waals surface area contributed by atoms with E-state index in [0.29, 0.717) is 20.0 Å². The zero-order valence-electron chi connectivity index (χ0n) is 30.1. The largest absolute Gasteiger partial charge is 0.369 e. The Morgan fingerprint density at radius 3 is 2.02 bits per heavy atom. The highest BCUT2D eigenvalue weighted by Gasteiger charge is 2.17. The number of aliphatic imine (C=N–C) groups is 1. The lowest BCUT2D eigenvalue weighted by Crippen LogP contribution is -2.46. The van der Waals surface area contributed by atoms with Crippen LogP contribution in [0.25, 0.3) is 0 Å². The third kappa shape index (κ3) is 20.1. The van der Waals surface area contributed by atoms with Crippen molar-refractivity contribution in [3.63, 3.8) is 0 Å². The van der Waals surface area contributed by atoms with Gasteiger partial charge in [-0.2, -0.15) is 0 Å². The molecular formula is C38H69N7O. The van der Waals surface area contributed by atoms with E-state index < -0.39 is 0 Å². The van der Waals surface area contributed by atoms with Crippen molar-refractivity contribution < 1.29 is 4.74 Å². The molecule has 8 nitrogen and oxygen atoms in total. The minimum absolute atomic E-state index is 0.635. The molecule has 1 heterocycles. The van der Waals surface area contributed by atoms with Crippen molar-refractivity contribution in [1.82, 2.24) is 31.1 Å². The molecule has 0 amide bonds. The fraction of sp³-hybridized carbons (Fsp3) is 0.711. The third-order valence-corrected chi connectivity index (χ3v) is 8.49. The fourth-order valence-electron chi connectivity index (χ4n) is 5.56. The Hall–Kier alpha value is -2.23. The molecule has 4 N–H and O–H groups in total. The second-order valence-electron chi connectivity index (χ2n) is 12.9. The van der Waals surface area contributed by atoms with E-state index in [1.54, 1.807) is 0 Å². The zero-order valence-corrected chi connectivity index (χ0v) is 30.1. The summed E-state index contributed by atoms with van der Waals surface area (Å²) in [5.74, 6) is 0.915. The van der Waals surface area contributed by atoms with Crippen LogP contribution in [-0.4, -0.2) is 81.5 Å². The first-order valence-corrected chi connectivity index (χ1v) is 18.4. The quantitative estimate of drug-likeness (QED) is 0.0279. The number of allylic oxidation sites excluding steroid dienone is 2. The number of nitrogens with one attached hydrogen (secondary N) is 4. The SMILES string of the molecule is C=C(/C=C(/C)NC(C)=NCc1ccc(CNCCCNCCCCCCC)cc1)N1CCN(COCNCCCCCCC)CC1. The second-order valence-corrected chi connectivity index (χ2v) is 12.9. The summed E-state index contributed by atoms with van der Waals surface area (Å²) in [6.45, 7) is 24.1. The maximum atomic E-state index is 5.84. The Morgan fingerprint density at radius 2 is 1.35 bits per heavy atom. The number of piperazine rings is 1. The van der Waals surface area contributed by atoms with Gasteiger partial charge < -0.3 is 25.6 Å². The monoisotopic (exact) mass is 640 g/mol. The van der Waals surface area contributed by atoms with E-state index in [0.717, 1.165) is 76.1 Å². The highest BCUT2D eigenvalue weighted by Crippen LogP contribution is 2.11. The van der Waals surface area contributed by atoms with Gasteiger partial charge in [0.1, 0.15) is 6.73 Å². The van der Waals surface area contributed by atoms with E-state index >= 15 is 0 Å². The third-order valence-electron chi connectivity index (χ3n) is 8.49. The van der Waals surface area contributed by atoms with Gasteiger partial charge in [-0.1, -0.05) is 96.1 Å². The molecular weight excluding hydrogens is 570 g/mol. The van der Waals surface area contributed by atoms with Gasteiger partial charge in [0.05, 0.1) is 19.1 Å². The van der Waals surface area contributed by atoms with Gasteiger partial charge in [0.15, 0.2) is 0 Å². The molecule has 0 aliphatic carbocycles. The number of nitrogens with zero attached hydrogens (tertiary/aromatic N) is 3. The predicted molar refractivity (Wildman–Crippen MR) is 198 cm³/mol. The molecule has 2 rings (SSSR count). The number of ether oxygens (including phenoxy) is 1. The molecule has 0 spiro atoms. The molecule has 0 bridgehead atoms. The molecule has 0 radical (unpaired) electrons. The summed E-state index contributed by atoms with van der Waals surface area (Å²) in [5, 5.41) is 14.0. The van der Waals surface area contributed by atoms with Gasteiger partial charge in [0.25, 0.3) is 0 Å². The van der Waals surface area contributed by atoms with Crippen molar-refractivity contribution in [2.45, 2.75) is 111 Å². The van der Waals surface area contributed by atoms with Crippen LogP contribution in [0.5, 0.6) is 0 Å². The van der Waals surface area contributed by atoms with Gasteiger partial charge in [0.2, 0.25) is 0 Å². The molecule has 1 saturated heterocycles. The standard InChI is InChI=1S/C38H69N7O/c1-6-8-10-12-14-21-39-23-16-24-40-30-37-17-19-38(20-18-37)31-42-36(5)43-34(3)29-35(4)45-27-25-44(26-28-45)33-46-32-41-22-15-13-11-9-7-2/h17-20,29,39-41H,4,6-16,21-28,30-33H2,1-3,5H3,(H,42,43)/b34-29-. The Morgan fingerprint density at radius 1 is 0.761 bits per heavy atom. The van der Waals surface area contributed by atoms with E-state index in [4.69, 9.17) is 9.73 Å². The van der Waals surface area contributed by atoms with Crippen LogP contribution in [0.3, 0.4) is 0 Å². The second kappa shape index (κ2) is 26.8. The zero-order chi connectivity index (χ0) is 33.1. The Balaban J connectivity index is 1.54. The van der Waals surface area contributed by atoms with E-state index in [1.165, 1.54) is 81.8 Å². The van der Waals surface area contributed by atoms with Crippen molar-refractivity contribution in [3.8, 4) is 0 Å². The Bertz CT molecular complexity index is 954. The highest BCUT2D eigenvalue weighted by atomic mass is 16.5. The van der Waals surface area contributed by atoms with Crippen LogP contribution in [0, 0.1) is 0 Å². The molecule has 1 aliphatic rings. The molecule has 46 heavy (non-hydrogen) atoms. The van der Waals surface area contributed by atoms with Crippen LogP contribution < -0.4 is 21.3 Å². The van der Waals surface area contributed by atoms with Gasteiger partial charge in [-0.05, 0) is 76.5 Å². The average molecular weight is 640 g/mol. The van der Waals surface area contributed by atoms with Crippen molar-refractivity contribution >= 4 is 5.84 Å². The van der Waals surface area contributed by atoms with Gasteiger partial charge in [-0.25, -0.2) is 0 Å². The first-order chi connectivity index (χ1) is 22.5. The molecule has 1 fully saturated rings. The molecule has 262 valence electrons. The summed E-state index contributed by atoms with van der Waals surface area (Å²) in [6, 6.07) is 8.80. The van der Waals surface area contributed by atoms with Crippen LogP contribution >= 0.6 is 0 Å². The first kappa shape index (κ1) is 39.9. The number of unbranched alkanes of at least 4 members (excludes halogenated alkanes) is 8. The lowest BCUT2D eigenvalue weighted by Gasteiger charge is -2.36. The molecule has 1 aliphatic heterocycles. The van der Waals surface area contributed by atoms with E-state index in [1.807, 2.05) is 6.92 Å². The van der Waals surface area contributed by atoms with Crippen LogP contribution in [0.2, 0.25) is 0 Å². The minimum atomic E-state index is 0.635. The number of hydrogen-bond donors (Lipinski definition) is 4. The van der Waals surface area contributed by atoms with Crippen LogP contribution in [0.1, 0.15) is 109 Å². The maximum Gasteiger partial charge on any atom is 0.101 e. The maximum absolute atomic E-state index is 5.84. The summed E-state index contributed by atoms with van der Waals surface area (Å²) in [5.41, 5.74) is 4.64. The van der Waals surface area contributed by atoms with Crippen molar-refractivity contribution in [3.05, 3.63) is 59.4 Å². The molecule has 1 aromatic rings.